The SMILES string of the molecule is CC(C)(C(=O)N1CCC2NNC(c3ccc(F)c(F)c3)C2C1)n1cccc1. The summed E-state index contributed by atoms with van der Waals surface area (Å²) in [5.74, 6) is -1.55. The molecule has 1 amide bonds. The summed E-state index contributed by atoms with van der Waals surface area (Å²) in [5, 5.41) is 0. The monoisotopic (exact) mass is 374 g/mol. The van der Waals surface area contributed by atoms with Crippen LogP contribution in [0.25, 0.3) is 0 Å². The highest BCUT2D eigenvalue weighted by Gasteiger charge is 2.44. The molecule has 27 heavy (non-hydrogen) atoms. The highest BCUT2D eigenvalue weighted by atomic mass is 19.2. The first kappa shape index (κ1) is 18.1. The Morgan fingerprint density at radius 2 is 1.89 bits per heavy atom. The normalized spacial score (nSPS) is 25.5. The number of aromatic nitrogens is 1. The molecular formula is C20H24F2N4O. The second-order valence-corrected chi connectivity index (χ2v) is 7.90. The molecule has 0 spiro atoms. The molecule has 3 atom stereocenters. The van der Waals surface area contributed by atoms with Crippen LogP contribution in [0.5, 0.6) is 0 Å². The first-order valence-corrected chi connectivity index (χ1v) is 9.27. The van der Waals surface area contributed by atoms with Crippen LogP contribution in [0.4, 0.5) is 8.78 Å². The van der Waals surface area contributed by atoms with Gasteiger partial charge in [-0.05, 0) is 50.1 Å². The van der Waals surface area contributed by atoms with E-state index in [9.17, 15) is 13.6 Å². The lowest BCUT2D eigenvalue weighted by Crippen LogP contribution is -2.53. The van der Waals surface area contributed by atoms with Crippen LogP contribution in [-0.2, 0) is 10.3 Å². The highest BCUT2D eigenvalue weighted by molar-refractivity contribution is 5.84. The van der Waals surface area contributed by atoms with E-state index in [0.29, 0.717) is 18.7 Å². The van der Waals surface area contributed by atoms with Crippen LogP contribution >= 0.6 is 0 Å². The smallest absolute Gasteiger partial charge is 0.248 e. The second kappa shape index (κ2) is 6.73. The van der Waals surface area contributed by atoms with Crippen molar-refractivity contribution in [1.29, 1.82) is 0 Å². The molecule has 1 aromatic heterocycles. The summed E-state index contributed by atoms with van der Waals surface area (Å²) < 4.78 is 28.9. The van der Waals surface area contributed by atoms with Crippen molar-refractivity contribution in [3.8, 4) is 0 Å². The molecule has 2 aliphatic heterocycles. The number of benzene rings is 1. The summed E-state index contributed by atoms with van der Waals surface area (Å²) in [6.45, 7) is 5.07. The highest BCUT2D eigenvalue weighted by Crippen LogP contribution is 2.35. The van der Waals surface area contributed by atoms with Gasteiger partial charge in [0.1, 0.15) is 5.54 Å². The number of hydrogen-bond acceptors (Lipinski definition) is 3. The molecule has 2 N–H and O–H groups in total. The molecule has 2 aliphatic rings. The van der Waals surface area contributed by atoms with Crippen molar-refractivity contribution in [3.05, 3.63) is 59.9 Å². The molecule has 0 radical (unpaired) electrons. The Morgan fingerprint density at radius 3 is 2.59 bits per heavy atom. The van der Waals surface area contributed by atoms with Crippen molar-refractivity contribution in [3.63, 3.8) is 0 Å². The molecule has 4 rings (SSSR count). The number of nitrogens with one attached hydrogen (secondary N) is 2. The van der Waals surface area contributed by atoms with Crippen LogP contribution in [0.1, 0.15) is 31.9 Å². The molecule has 0 bridgehead atoms. The predicted octanol–water partition coefficient (Wildman–Crippen LogP) is 2.57. The zero-order valence-corrected chi connectivity index (χ0v) is 15.5. The van der Waals surface area contributed by atoms with E-state index in [1.807, 2.05) is 47.8 Å². The van der Waals surface area contributed by atoms with Crippen molar-refractivity contribution >= 4 is 5.91 Å². The summed E-state index contributed by atoms with van der Waals surface area (Å²) in [7, 11) is 0. The minimum Gasteiger partial charge on any atom is -0.340 e. The third kappa shape index (κ3) is 3.15. The summed E-state index contributed by atoms with van der Waals surface area (Å²) >= 11 is 0. The van der Waals surface area contributed by atoms with Crippen molar-refractivity contribution in [2.45, 2.75) is 37.9 Å². The van der Waals surface area contributed by atoms with Crippen LogP contribution < -0.4 is 10.9 Å². The van der Waals surface area contributed by atoms with Crippen LogP contribution in [0.2, 0.25) is 0 Å². The Labute approximate surface area is 157 Å². The van der Waals surface area contributed by atoms with Crippen molar-refractivity contribution in [2.24, 2.45) is 5.92 Å². The lowest BCUT2D eigenvalue weighted by atomic mass is 9.84. The van der Waals surface area contributed by atoms with E-state index in [1.165, 1.54) is 6.07 Å². The maximum Gasteiger partial charge on any atom is 0.248 e. The van der Waals surface area contributed by atoms with E-state index >= 15 is 0 Å². The summed E-state index contributed by atoms with van der Waals surface area (Å²) in [6, 6.07) is 7.83. The van der Waals surface area contributed by atoms with Gasteiger partial charge in [0.05, 0.1) is 6.04 Å². The summed E-state index contributed by atoms with van der Waals surface area (Å²) in [4.78, 5) is 15.1. The number of likely N-dealkylation sites (tertiary alicyclic amines) is 1. The van der Waals surface area contributed by atoms with Gasteiger partial charge >= 0.3 is 0 Å². The van der Waals surface area contributed by atoms with E-state index < -0.39 is 17.2 Å². The molecule has 3 unspecified atom stereocenters. The standard InChI is InChI=1S/C20H24F2N4O/c1-20(2,26-8-3-4-9-26)19(27)25-10-7-17-14(12-25)18(24-23-17)13-5-6-15(21)16(22)11-13/h3-6,8-9,11,14,17-18,23-24H,7,10,12H2,1-2H3. The predicted molar refractivity (Wildman–Crippen MR) is 97.6 cm³/mol. The van der Waals surface area contributed by atoms with E-state index in [2.05, 4.69) is 10.9 Å². The number of carbonyl (C=O) groups is 1. The fourth-order valence-corrected chi connectivity index (χ4v) is 4.23. The van der Waals surface area contributed by atoms with Gasteiger partial charge in [0.15, 0.2) is 11.6 Å². The van der Waals surface area contributed by atoms with Crippen molar-refractivity contribution < 1.29 is 13.6 Å². The van der Waals surface area contributed by atoms with Gasteiger partial charge in [-0.15, -0.1) is 0 Å². The van der Waals surface area contributed by atoms with Crippen LogP contribution in [0.3, 0.4) is 0 Å². The first-order chi connectivity index (χ1) is 12.9. The number of piperidine rings is 1. The Morgan fingerprint density at radius 1 is 1.15 bits per heavy atom. The Bertz CT molecular complexity index is 837. The minimum absolute atomic E-state index is 0.0630. The number of halogens is 2. The van der Waals surface area contributed by atoms with Crippen molar-refractivity contribution in [1.82, 2.24) is 20.3 Å². The van der Waals surface area contributed by atoms with Gasteiger partial charge in [0.2, 0.25) is 5.91 Å². The number of amides is 1. The number of hydrazine groups is 1. The number of rotatable bonds is 3. The fraction of sp³-hybridized carbons (Fsp3) is 0.450. The largest absolute Gasteiger partial charge is 0.340 e. The van der Waals surface area contributed by atoms with Crippen molar-refractivity contribution in [2.75, 3.05) is 13.1 Å². The van der Waals surface area contributed by atoms with Gasteiger partial charge in [-0.1, -0.05) is 6.07 Å². The van der Waals surface area contributed by atoms with Gasteiger partial charge in [-0.25, -0.2) is 14.2 Å². The Kier molecular flexibility index (Phi) is 4.52. The molecule has 144 valence electrons. The lowest BCUT2D eigenvalue weighted by Gasteiger charge is -2.40. The maximum absolute atomic E-state index is 13.7. The third-order valence-electron chi connectivity index (χ3n) is 5.87. The van der Waals surface area contributed by atoms with E-state index in [0.717, 1.165) is 12.5 Å². The van der Waals surface area contributed by atoms with E-state index in [4.69, 9.17) is 0 Å². The van der Waals surface area contributed by atoms with Gasteiger partial charge in [0.25, 0.3) is 0 Å². The summed E-state index contributed by atoms with van der Waals surface area (Å²) in [6.07, 6.45) is 4.60. The molecule has 3 heterocycles. The third-order valence-corrected chi connectivity index (χ3v) is 5.87. The molecule has 5 nitrogen and oxygen atoms in total. The second-order valence-electron chi connectivity index (χ2n) is 7.90. The average Bonchev–Trinajstić information content (AvgIpc) is 3.33. The number of fused-ring (bicyclic) bond motifs is 1. The molecule has 1 aromatic carbocycles. The maximum atomic E-state index is 13.7. The number of nitrogens with zero attached hydrogens (tertiary/aromatic N) is 2. The topological polar surface area (TPSA) is 49.3 Å². The first-order valence-electron chi connectivity index (χ1n) is 9.27. The van der Waals surface area contributed by atoms with Gasteiger partial charge in [-0.2, -0.15) is 0 Å². The fourth-order valence-electron chi connectivity index (χ4n) is 4.23. The lowest BCUT2D eigenvalue weighted by molar-refractivity contribution is -0.141. The van der Waals surface area contributed by atoms with Gasteiger partial charge < -0.3 is 9.47 Å². The number of carbonyl (C=O) groups excluding carboxylic acids is 1. The average molecular weight is 374 g/mol. The van der Waals surface area contributed by atoms with Gasteiger partial charge in [-0.3, -0.25) is 10.2 Å². The Hall–Kier alpha value is -2.25. The number of hydrogen-bond donors (Lipinski definition) is 2. The molecule has 2 saturated heterocycles. The minimum atomic E-state index is -0.852. The molecule has 0 saturated carbocycles. The van der Waals surface area contributed by atoms with Crippen LogP contribution in [0.15, 0.2) is 42.7 Å². The molecular weight excluding hydrogens is 350 g/mol. The van der Waals surface area contributed by atoms with E-state index in [-0.39, 0.29) is 23.9 Å². The quantitative estimate of drug-likeness (QED) is 0.868. The molecule has 0 aliphatic carbocycles. The van der Waals surface area contributed by atoms with Crippen LogP contribution in [-0.4, -0.2) is 34.5 Å². The zero-order chi connectivity index (χ0) is 19.2. The molecule has 2 fully saturated rings. The molecule has 7 heteroatoms. The molecule has 2 aromatic rings. The zero-order valence-electron chi connectivity index (χ0n) is 15.5. The summed E-state index contributed by atoms with van der Waals surface area (Å²) in [5.41, 5.74) is 6.48. The van der Waals surface area contributed by atoms with E-state index in [1.54, 1.807) is 6.07 Å². The van der Waals surface area contributed by atoms with Gasteiger partial charge in [0, 0.05) is 37.4 Å². The Balaban J connectivity index is 1.54. The van der Waals surface area contributed by atoms with Crippen LogP contribution in [0, 0.1) is 17.6 Å².